The van der Waals surface area contributed by atoms with Crippen LogP contribution in [0.3, 0.4) is 0 Å². The van der Waals surface area contributed by atoms with Crippen LogP contribution in [0.15, 0.2) is 17.5 Å². The average Bonchev–Trinajstić information content (AvgIpc) is 2.71. The van der Waals surface area contributed by atoms with Crippen molar-refractivity contribution in [3.63, 3.8) is 0 Å². The molecule has 2 rings (SSSR count). The maximum atomic E-state index is 10.9. The van der Waals surface area contributed by atoms with Crippen LogP contribution in [-0.4, -0.2) is 5.11 Å². The Balaban J connectivity index is 2.30. The molecule has 1 aliphatic carbocycles. The van der Waals surface area contributed by atoms with E-state index in [1.165, 1.54) is 17.7 Å². The van der Waals surface area contributed by atoms with Crippen LogP contribution in [0, 0.1) is 11.8 Å². The third-order valence-electron chi connectivity index (χ3n) is 3.69. The molecule has 1 aromatic heterocycles. The van der Waals surface area contributed by atoms with Gasteiger partial charge in [-0.1, -0.05) is 32.8 Å². The lowest BCUT2D eigenvalue weighted by atomic mass is 9.69. The summed E-state index contributed by atoms with van der Waals surface area (Å²) in [6.07, 6.45) is 4.55. The lowest BCUT2D eigenvalue weighted by Crippen LogP contribution is -2.40. The number of hydrogen-bond acceptors (Lipinski definition) is 2. The van der Waals surface area contributed by atoms with E-state index < -0.39 is 5.60 Å². The molecule has 1 aromatic rings. The first-order chi connectivity index (χ1) is 7.14. The van der Waals surface area contributed by atoms with Crippen LogP contribution in [0.1, 0.15) is 44.4 Å². The highest BCUT2D eigenvalue weighted by Gasteiger charge is 2.42. The predicted octanol–water partition coefficient (Wildman–Crippen LogP) is 3.78. The zero-order valence-corrected chi connectivity index (χ0v) is 10.4. The molecule has 1 fully saturated rings. The molecule has 1 saturated carbocycles. The zero-order valence-electron chi connectivity index (χ0n) is 9.57. The summed E-state index contributed by atoms with van der Waals surface area (Å²) in [5, 5.41) is 12.9. The van der Waals surface area contributed by atoms with Crippen molar-refractivity contribution in [2.24, 2.45) is 11.8 Å². The van der Waals surface area contributed by atoms with Crippen LogP contribution in [0.25, 0.3) is 0 Å². The van der Waals surface area contributed by atoms with E-state index in [0.717, 1.165) is 12.8 Å². The van der Waals surface area contributed by atoms with Gasteiger partial charge < -0.3 is 5.11 Å². The van der Waals surface area contributed by atoms with Gasteiger partial charge >= 0.3 is 0 Å². The molecule has 15 heavy (non-hydrogen) atoms. The zero-order chi connectivity index (χ0) is 10.9. The molecule has 2 atom stereocenters. The maximum absolute atomic E-state index is 10.9. The minimum Gasteiger partial charge on any atom is -0.384 e. The number of aliphatic hydroxyl groups is 1. The first kappa shape index (κ1) is 11.2. The second kappa shape index (κ2) is 4.26. The van der Waals surface area contributed by atoms with Gasteiger partial charge in [-0.25, -0.2) is 0 Å². The van der Waals surface area contributed by atoms with E-state index in [0.29, 0.717) is 11.8 Å². The van der Waals surface area contributed by atoms with Crippen molar-refractivity contribution in [1.82, 2.24) is 0 Å². The van der Waals surface area contributed by atoms with Crippen LogP contribution in [0.4, 0.5) is 0 Å². The summed E-state index contributed by atoms with van der Waals surface area (Å²) in [5.74, 6) is 1.00. The first-order valence-electron chi connectivity index (χ1n) is 5.91. The Morgan fingerprint density at radius 1 is 1.47 bits per heavy atom. The van der Waals surface area contributed by atoms with E-state index in [4.69, 9.17) is 0 Å². The number of hydrogen-bond donors (Lipinski definition) is 1. The van der Waals surface area contributed by atoms with E-state index in [2.05, 4.69) is 25.3 Å². The molecule has 0 amide bonds. The Morgan fingerprint density at radius 2 is 2.27 bits per heavy atom. The van der Waals surface area contributed by atoms with Gasteiger partial charge in [-0.2, -0.15) is 0 Å². The third kappa shape index (κ3) is 1.98. The van der Waals surface area contributed by atoms with Gasteiger partial charge in [0, 0.05) is 4.88 Å². The molecule has 0 bridgehead atoms. The summed E-state index contributed by atoms with van der Waals surface area (Å²) in [7, 11) is 0. The topological polar surface area (TPSA) is 20.2 Å². The molecule has 1 aliphatic rings. The van der Waals surface area contributed by atoms with Gasteiger partial charge in [0.1, 0.15) is 5.60 Å². The monoisotopic (exact) mass is 224 g/mol. The molecule has 0 spiro atoms. The normalized spacial score (nSPS) is 32.1. The van der Waals surface area contributed by atoms with E-state index in [1.54, 1.807) is 11.3 Å². The minimum atomic E-state index is -0.541. The van der Waals surface area contributed by atoms with Crippen LogP contribution >= 0.6 is 11.3 Å². The quantitative estimate of drug-likeness (QED) is 0.810. The Kier molecular flexibility index (Phi) is 3.17. The van der Waals surface area contributed by atoms with Crippen molar-refractivity contribution in [1.29, 1.82) is 0 Å². The van der Waals surface area contributed by atoms with Crippen molar-refractivity contribution in [3.05, 3.63) is 22.4 Å². The summed E-state index contributed by atoms with van der Waals surface area (Å²) in [5.41, 5.74) is -0.541. The van der Waals surface area contributed by atoms with Crippen molar-refractivity contribution >= 4 is 11.3 Å². The standard InChI is InChI=1S/C13H20OS/c1-10(2)11-6-3-4-8-13(11,14)12-7-5-9-15-12/h5,7,9-11,14H,3-4,6,8H2,1-2H3. The first-order valence-corrected chi connectivity index (χ1v) is 6.79. The number of rotatable bonds is 2. The molecular formula is C13H20OS. The molecule has 0 radical (unpaired) electrons. The van der Waals surface area contributed by atoms with Crippen molar-refractivity contribution in [2.75, 3.05) is 0 Å². The summed E-state index contributed by atoms with van der Waals surface area (Å²) in [6.45, 7) is 4.46. The smallest absolute Gasteiger partial charge is 0.102 e. The van der Waals surface area contributed by atoms with Gasteiger partial charge in [-0.15, -0.1) is 11.3 Å². The lowest BCUT2D eigenvalue weighted by molar-refractivity contribution is -0.0692. The summed E-state index contributed by atoms with van der Waals surface area (Å²) in [4.78, 5) is 1.17. The van der Waals surface area contributed by atoms with Crippen LogP contribution < -0.4 is 0 Å². The summed E-state index contributed by atoms with van der Waals surface area (Å²) >= 11 is 1.70. The Labute approximate surface area is 96.1 Å². The maximum Gasteiger partial charge on any atom is 0.102 e. The van der Waals surface area contributed by atoms with E-state index in [9.17, 15) is 5.11 Å². The van der Waals surface area contributed by atoms with Gasteiger partial charge in [0.05, 0.1) is 0 Å². The fourth-order valence-electron chi connectivity index (χ4n) is 2.90. The molecule has 0 saturated heterocycles. The van der Waals surface area contributed by atoms with E-state index in [-0.39, 0.29) is 0 Å². The van der Waals surface area contributed by atoms with Crippen LogP contribution in [0.2, 0.25) is 0 Å². The minimum absolute atomic E-state index is 0.435. The second-order valence-corrected chi connectivity index (χ2v) is 5.95. The third-order valence-corrected chi connectivity index (χ3v) is 4.73. The van der Waals surface area contributed by atoms with Gasteiger partial charge in [0.25, 0.3) is 0 Å². The molecular weight excluding hydrogens is 204 g/mol. The molecule has 2 heteroatoms. The molecule has 0 aliphatic heterocycles. The Morgan fingerprint density at radius 3 is 2.87 bits per heavy atom. The molecule has 0 aromatic carbocycles. The Hall–Kier alpha value is -0.340. The van der Waals surface area contributed by atoms with E-state index >= 15 is 0 Å². The molecule has 84 valence electrons. The van der Waals surface area contributed by atoms with Gasteiger partial charge in [0.15, 0.2) is 0 Å². The largest absolute Gasteiger partial charge is 0.384 e. The highest BCUT2D eigenvalue weighted by atomic mass is 32.1. The summed E-state index contributed by atoms with van der Waals surface area (Å²) in [6, 6.07) is 4.13. The van der Waals surface area contributed by atoms with Crippen LogP contribution in [0.5, 0.6) is 0 Å². The van der Waals surface area contributed by atoms with E-state index in [1.807, 2.05) is 6.07 Å². The second-order valence-electron chi connectivity index (χ2n) is 5.00. The fraction of sp³-hybridized carbons (Fsp3) is 0.692. The molecule has 1 N–H and O–H groups in total. The van der Waals surface area contributed by atoms with Crippen LogP contribution in [-0.2, 0) is 5.60 Å². The average molecular weight is 224 g/mol. The SMILES string of the molecule is CC(C)C1CCCCC1(O)c1cccs1. The fourth-order valence-corrected chi connectivity index (χ4v) is 3.82. The number of thiophene rings is 1. The van der Waals surface area contributed by atoms with Gasteiger partial charge in [-0.3, -0.25) is 0 Å². The Bertz CT molecular complexity index is 304. The van der Waals surface area contributed by atoms with Crippen molar-refractivity contribution in [2.45, 2.75) is 45.1 Å². The summed E-state index contributed by atoms with van der Waals surface area (Å²) < 4.78 is 0. The van der Waals surface area contributed by atoms with Crippen molar-refractivity contribution < 1.29 is 5.11 Å². The molecule has 1 nitrogen and oxygen atoms in total. The molecule has 2 unspecified atom stereocenters. The van der Waals surface area contributed by atoms with Gasteiger partial charge in [0.2, 0.25) is 0 Å². The lowest BCUT2D eigenvalue weighted by Gasteiger charge is -2.41. The van der Waals surface area contributed by atoms with Gasteiger partial charge in [-0.05, 0) is 36.1 Å². The predicted molar refractivity (Wildman–Crippen MR) is 65.0 cm³/mol. The highest BCUT2D eigenvalue weighted by molar-refractivity contribution is 7.10. The van der Waals surface area contributed by atoms with Crippen molar-refractivity contribution in [3.8, 4) is 0 Å². The highest BCUT2D eigenvalue weighted by Crippen LogP contribution is 2.46. The molecule has 1 heterocycles.